The molecule has 0 aromatic carbocycles. The van der Waals surface area contributed by atoms with Gasteiger partial charge >= 0.3 is 0 Å². The highest BCUT2D eigenvalue weighted by Gasteiger charge is 2.11. The maximum Gasteiger partial charge on any atom is 0.234 e. The largest absolute Gasteiger partial charge is 0.325 e. The van der Waals surface area contributed by atoms with Crippen molar-refractivity contribution in [1.29, 1.82) is 0 Å². The molecule has 0 atom stereocenters. The zero-order valence-electron chi connectivity index (χ0n) is 9.81. The van der Waals surface area contributed by atoms with Crippen molar-refractivity contribution in [3.8, 4) is 0 Å². The summed E-state index contributed by atoms with van der Waals surface area (Å²) in [7, 11) is 0. The molecule has 94 valence electrons. The van der Waals surface area contributed by atoms with Crippen LogP contribution in [-0.2, 0) is 19.5 Å². The van der Waals surface area contributed by atoms with E-state index in [0.717, 1.165) is 27.9 Å². The molecule has 0 bridgehead atoms. The van der Waals surface area contributed by atoms with E-state index in [1.165, 1.54) is 11.3 Å². The fourth-order valence-corrected chi connectivity index (χ4v) is 2.47. The fraction of sp³-hybridized carbons (Fsp3) is 0.444. The first kappa shape index (κ1) is 11.2. The van der Waals surface area contributed by atoms with Gasteiger partial charge in [0, 0.05) is 13.0 Å². The van der Waals surface area contributed by atoms with E-state index in [9.17, 15) is 0 Å². The molecule has 0 aliphatic carbocycles. The molecule has 0 saturated carbocycles. The maximum atomic E-state index is 5.49. The molecule has 3 heterocycles. The van der Waals surface area contributed by atoms with Crippen LogP contribution in [0.3, 0.4) is 0 Å². The molecule has 2 N–H and O–H groups in total. The number of nitrogens with two attached hydrogens (primary N) is 1. The minimum absolute atomic E-state index is 0.394. The lowest BCUT2D eigenvalue weighted by Gasteiger charge is -1.93. The van der Waals surface area contributed by atoms with Crippen LogP contribution in [0.15, 0.2) is 6.20 Å². The quantitative estimate of drug-likeness (QED) is 0.703. The molecule has 0 spiro atoms. The van der Waals surface area contributed by atoms with Crippen LogP contribution in [0.1, 0.15) is 23.4 Å². The fourth-order valence-electron chi connectivity index (χ4n) is 1.63. The van der Waals surface area contributed by atoms with Gasteiger partial charge in [0.2, 0.25) is 4.96 Å². The van der Waals surface area contributed by atoms with Crippen molar-refractivity contribution in [2.75, 3.05) is 0 Å². The molecule has 0 radical (unpaired) electrons. The van der Waals surface area contributed by atoms with Gasteiger partial charge in [0.1, 0.15) is 5.01 Å². The minimum Gasteiger partial charge on any atom is -0.325 e. The number of nitrogens with zero attached hydrogens (tertiary/aromatic N) is 7. The summed E-state index contributed by atoms with van der Waals surface area (Å²) in [5, 5.41) is 21.4. The Labute approximate surface area is 106 Å². The Morgan fingerprint density at radius 3 is 2.94 bits per heavy atom. The summed E-state index contributed by atoms with van der Waals surface area (Å²) in [6.07, 6.45) is 2.63. The van der Waals surface area contributed by atoms with E-state index in [1.807, 2.05) is 13.1 Å². The number of fused-ring (bicyclic) bond motifs is 1. The van der Waals surface area contributed by atoms with Crippen LogP contribution in [0.25, 0.3) is 4.96 Å². The zero-order chi connectivity index (χ0) is 12.5. The molecule has 18 heavy (non-hydrogen) atoms. The third-order valence-electron chi connectivity index (χ3n) is 2.51. The summed E-state index contributed by atoms with van der Waals surface area (Å²) in [5.74, 6) is 0.869. The van der Waals surface area contributed by atoms with Crippen LogP contribution >= 0.6 is 11.3 Å². The number of aromatic nitrogens is 7. The lowest BCUT2D eigenvalue weighted by atomic mass is 10.5. The molecular formula is C9H12N8S. The van der Waals surface area contributed by atoms with Crippen molar-refractivity contribution < 1.29 is 0 Å². The van der Waals surface area contributed by atoms with E-state index in [-0.39, 0.29) is 0 Å². The Kier molecular flexibility index (Phi) is 2.76. The molecule has 0 unspecified atom stereocenters. The minimum atomic E-state index is 0.394. The second-order valence-electron chi connectivity index (χ2n) is 3.77. The Balaban J connectivity index is 1.88. The number of hydrogen-bond donors (Lipinski definition) is 1. The molecule has 0 saturated heterocycles. The van der Waals surface area contributed by atoms with Gasteiger partial charge in [0.25, 0.3) is 0 Å². The topological polar surface area (TPSA) is 99.8 Å². The average molecular weight is 264 g/mol. The molecule has 0 amide bonds. The number of aryl methyl sites for hydroxylation is 1. The summed E-state index contributed by atoms with van der Waals surface area (Å²) in [5.41, 5.74) is 6.26. The maximum absolute atomic E-state index is 5.49. The Hall–Kier alpha value is -1.87. The van der Waals surface area contributed by atoms with E-state index >= 15 is 0 Å². The van der Waals surface area contributed by atoms with Gasteiger partial charge in [-0.15, -0.1) is 15.3 Å². The summed E-state index contributed by atoms with van der Waals surface area (Å²) in [6, 6.07) is 0. The Morgan fingerprint density at radius 1 is 1.33 bits per heavy atom. The van der Waals surface area contributed by atoms with Crippen LogP contribution in [0.2, 0.25) is 0 Å². The third kappa shape index (κ3) is 1.87. The van der Waals surface area contributed by atoms with Gasteiger partial charge in [-0.25, -0.2) is 4.68 Å². The van der Waals surface area contributed by atoms with Gasteiger partial charge in [0.15, 0.2) is 5.82 Å². The van der Waals surface area contributed by atoms with Crippen LogP contribution in [0.5, 0.6) is 0 Å². The summed E-state index contributed by atoms with van der Waals surface area (Å²) >= 11 is 1.50. The van der Waals surface area contributed by atoms with Crippen molar-refractivity contribution in [3.63, 3.8) is 0 Å². The first-order valence-electron chi connectivity index (χ1n) is 5.59. The highest BCUT2D eigenvalue weighted by atomic mass is 32.1. The van der Waals surface area contributed by atoms with Crippen molar-refractivity contribution in [2.45, 2.75) is 26.4 Å². The molecule has 0 aliphatic heterocycles. The first-order valence-corrected chi connectivity index (χ1v) is 6.41. The van der Waals surface area contributed by atoms with Crippen molar-refractivity contribution in [2.24, 2.45) is 5.73 Å². The lowest BCUT2D eigenvalue weighted by Crippen LogP contribution is -2.02. The number of hydrogen-bond acceptors (Lipinski definition) is 7. The smallest absolute Gasteiger partial charge is 0.234 e. The van der Waals surface area contributed by atoms with E-state index in [1.54, 1.807) is 9.20 Å². The van der Waals surface area contributed by atoms with Gasteiger partial charge in [-0.05, 0) is 0 Å². The second kappa shape index (κ2) is 4.42. The molecular weight excluding hydrogens is 252 g/mol. The third-order valence-corrected chi connectivity index (χ3v) is 3.39. The SMILES string of the molecule is CCc1nnc2sc(Cn3cc(CN)nn3)nn12. The standard InChI is InChI=1S/C9H12N8S/c1-2-7-12-13-9-17(7)14-8(18-9)5-16-4-6(3-10)11-15-16/h4H,2-3,5,10H2,1H3. The van der Waals surface area contributed by atoms with E-state index < -0.39 is 0 Å². The highest BCUT2D eigenvalue weighted by molar-refractivity contribution is 7.16. The van der Waals surface area contributed by atoms with Gasteiger partial charge in [-0.2, -0.15) is 9.61 Å². The average Bonchev–Trinajstić information content (AvgIpc) is 3.04. The van der Waals surface area contributed by atoms with Crippen molar-refractivity contribution in [3.05, 3.63) is 22.7 Å². The van der Waals surface area contributed by atoms with E-state index in [2.05, 4.69) is 25.6 Å². The molecule has 0 aliphatic rings. The van der Waals surface area contributed by atoms with Crippen molar-refractivity contribution >= 4 is 16.3 Å². The molecule has 8 nitrogen and oxygen atoms in total. The molecule has 3 aromatic rings. The molecule has 3 rings (SSSR count). The summed E-state index contributed by atoms with van der Waals surface area (Å²) in [4.78, 5) is 0.806. The second-order valence-corrected chi connectivity index (χ2v) is 4.81. The number of rotatable bonds is 4. The first-order chi connectivity index (χ1) is 8.80. The normalized spacial score (nSPS) is 11.4. The predicted octanol–water partition coefficient (Wildman–Crippen LogP) is -0.153. The predicted molar refractivity (Wildman–Crippen MR) is 65.1 cm³/mol. The van der Waals surface area contributed by atoms with Gasteiger partial charge in [-0.1, -0.05) is 23.5 Å². The van der Waals surface area contributed by atoms with Crippen LogP contribution in [0.4, 0.5) is 0 Å². The van der Waals surface area contributed by atoms with E-state index in [4.69, 9.17) is 5.73 Å². The summed E-state index contributed by atoms with van der Waals surface area (Å²) < 4.78 is 3.50. The zero-order valence-corrected chi connectivity index (χ0v) is 10.6. The van der Waals surface area contributed by atoms with Crippen molar-refractivity contribution in [1.82, 2.24) is 34.8 Å². The molecule has 9 heteroatoms. The van der Waals surface area contributed by atoms with E-state index in [0.29, 0.717) is 13.1 Å². The van der Waals surface area contributed by atoms with Crippen LogP contribution in [0, 0.1) is 0 Å². The van der Waals surface area contributed by atoms with Crippen LogP contribution in [-0.4, -0.2) is 34.8 Å². The monoisotopic (exact) mass is 264 g/mol. The Morgan fingerprint density at radius 2 is 2.22 bits per heavy atom. The van der Waals surface area contributed by atoms with Gasteiger partial charge in [-0.3, -0.25) is 0 Å². The summed E-state index contributed by atoms with van der Waals surface area (Å²) in [6.45, 7) is 3.00. The van der Waals surface area contributed by atoms with Gasteiger partial charge in [0.05, 0.1) is 18.4 Å². The lowest BCUT2D eigenvalue weighted by molar-refractivity contribution is 0.637. The molecule has 0 fully saturated rings. The highest BCUT2D eigenvalue weighted by Crippen LogP contribution is 2.15. The van der Waals surface area contributed by atoms with Crippen LogP contribution < -0.4 is 5.73 Å². The Bertz CT molecular complexity index is 665. The van der Waals surface area contributed by atoms with Gasteiger partial charge < -0.3 is 5.73 Å². The molecule has 3 aromatic heterocycles.